The second kappa shape index (κ2) is 14.3. The van der Waals surface area contributed by atoms with Gasteiger partial charge in [0, 0.05) is 37.0 Å². The van der Waals surface area contributed by atoms with Gasteiger partial charge in [-0.15, -0.1) is 0 Å². The molecule has 1 aliphatic rings. The summed E-state index contributed by atoms with van der Waals surface area (Å²) in [6, 6.07) is 8.57. The van der Waals surface area contributed by atoms with Crippen LogP contribution >= 0.6 is 7.82 Å². The minimum absolute atomic E-state index is 0.0174. The molecule has 0 saturated carbocycles. The molecule has 1 atom stereocenters. The van der Waals surface area contributed by atoms with Gasteiger partial charge in [-0.2, -0.15) is 5.10 Å². The first-order valence-corrected chi connectivity index (χ1v) is 15.6. The lowest BCUT2D eigenvalue weighted by molar-refractivity contribution is -0.116. The number of amides is 1. The molecule has 240 valence electrons. The van der Waals surface area contributed by atoms with Crippen molar-refractivity contribution in [1.29, 1.82) is 0 Å². The molecule has 14 nitrogen and oxygen atoms in total. The zero-order valence-corrected chi connectivity index (χ0v) is 25.1. The van der Waals surface area contributed by atoms with Crippen molar-refractivity contribution in [3.8, 4) is 11.5 Å². The molecular weight excluding hydrogens is 615 g/mol. The van der Waals surface area contributed by atoms with Gasteiger partial charge in [-0.3, -0.25) is 18.9 Å². The average Bonchev–Trinajstić information content (AvgIpc) is 3.64. The third-order valence-electron chi connectivity index (χ3n) is 7.11. The van der Waals surface area contributed by atoms with E-state index in [1.54, 1.807) is 24.4 Å². The number of halogens is 2. The molecule has 3 heterocycles. The molecule has 0 aliphatic carbocycles. The quantitative estimate of drug-likeness (QED) is 0.115. The van der Waals surface area contributed by atoms with Gasteiger partial charge >= 0.3 is 7.82 Å². The van der Waals surface area contributed by atoms with Crippen LogP contribution in [0.1, 0.15) is 19.3 Å². The highest BCUT2D eigenvalue weighted by Crippen LogP contribution is 2.37. The SMILES string of the molecule is COc1cc(OCCCN2CCC[C@@H]2COP(=O)(O)O)cc2ncnc(Nc3ccn(CC(=O)Nc4cccc(F)c4F)n3)c12. The summed E-state index contributed by atoms with van der Waals surface area (Å²) in [6.45, 7) is 1.64. The third-order valence-corrected chi connectivity index (χ3v) is 7.59. The Morgan fingerprint density at radius 1 is 1.20 bits per heavy atom. The predicted molar refractivity (Wildman–Crippen MR) is 159 cm³/mol. The fraction of sp³-hybridized carbons (Fsp3) is 0.357. The molecule has 45 heavy (non-hydrogen) atoms. The number of ether oxygens (including phenoxy) is 2. The predicted octanol–water partition coefficient (Wildman–Crippen LogP) is 3.84. The fourth-order valence-electron chi connectivity index (χ4n) is 5.06. The largest absolute Gasteiger partial charge is 0.496 e. The van der Waals surface area contributed by atoms with Crippen LogP contribution in [-0.2, 0) is 20.4 Å². The van der Waals surface area contributed by atoms with E-state index < -0.39 is 25.4 Å². The molecule has 1 fully saturated rings. The molecule has 0 unspecified atom stereocenters. The summed E-state index contributed by atoms with van der Waals surface area (Å²) in [4.78, 5) is 41.2. The van der Waals surface area contributed by atoms with E-state index in [1.165, 1.54) is 30.3 Å². The Hall–Kier alpha value is -4.21. The molecule has 4 aromatic rings. The summed E-state index contributed by atoms with van der Waals surface area (Å²) >= 11 is 0. The first kappa shape index (κ1) is 32.2. The van der Waals surface area contributed by atoms with Gasteiger partial charge in [0.2, 0.25) is 5.91 Å². The van der Waals surface area contributed by atoms with E-state index in [9.17, 15) is 18.1 Å². The highest BCUT2D eigenvalue weighted by atomic mass is 31.2. The zero-order valence-electron chi connectivity index (χ0n) is 24.2. The van der Waals surface area contributed by atoms with Crippen LogP contribution in [0, 0.1) is 11.6 Å². The number of hydrogen-bond donors (Lipinski definition) is 4. The number of methoxy groups -OCH3 is 1. The van der Waals surface area contributed by atoms with Crippen LogP contribution in [0.2, 0.25) is 0 Å². The first-order chi connectivity index (χ1) is 21.6. The number of nitrogens with zero attached hydrogens (tertiary/aromatic N) is 5. The van der Waals surface area contributed by atoms with Gasteiger partial charge in [-0.1, -0.05) is 6.07 Å². The summed E-state index contributed by atoms with van der Waals surface area (Å²) in [5.41, 5.74) is 0.284. The van der Waals surface area contributed by atoms with Gasteiger partial charge in [0.1, 0.15) is 30.2 Å². The van der Waals surface area contributed by atoms with E-state index in [4.69, 9.17) is 23.8 Å². The van der Waals surface area contributed by atoms with E-state index in [-0.39, 0.29) is 24.9 Å². The molecule has 1 aliphatic heterocycles. The Bertz CT molecular complexity index is 1700. The summed E-state index contributed by atoms with van der Waals surface area (Å²) in [5, 5.41) is 10.3. The first-order valence-electron chi connectivity index (χ1n) is 14.0. The maximum absolute atomic E-state index is 13.9. The van der Waals surface area contributed by atoms with Gasteiger partial charge < -0.3 is 29.9 Å². The van der Waals surface area contributed by atoms with Crippen LogP contribution in [0.25, 0.3) is 10.9 Å². The number of hydrogen-bond acceptors (Lipinski definition) is 10. The van der Waals surface area contributed by atoms with Crippen molar-refractivity contribution in [1.82, 2.24) is 24.6 Å². The minimum Gasteiger partial charge on any atom is -0.496 e. The lowest BCUT2D eigenvalue weighted by Gasteiger charge is -2.24. The summed E-state index contributed by atoms with van der Waals surface area (Å²) in [6.07, 6.45) is 5.35. The normalized spacial score (nSPS) is 15.4. The molecule has 2 aromatic carbocycles. The van der Waals surface area contributed by atoms with Crippen molar-refractivity contribution in [3.63, 3.8) is 0 Å². The number of fused-ring (bicyclic) bond motifs is 1. The summed E-state index contributed by atoms with van der Waals surface area (Å²) in [5.74, 6) is -1.04. The van der Waals surface area contributed by atoms with Crippen molar-refractivity contribution in [2.45, 2.75) is 31.8 Å². The molecule has 0 radical (unpaired) electrons. The van der Waals surface area contributed by atoms with Crippen molar-refractivity contribution in [3.05, 3.63) is 60.6 Å². The van der Waals surface area contributed by atoms with Crippen molar-refractivity contribution >= 4 is 42.0 Å². The van der Waals surface area contributed by atoms with Crippen molar-refractivity contribution in [2.75, 3.05) is 44.0 Å². The molecule has 5 rings (SSSR count). The van der Waals surface area contributed by atoms with Crippen LogP contribution in [-0.4, -0.2) is 79.8 Å². The molecule has 17 heteroatoms. The molecule has 1 saturated heterocycles. The smallest absolute Gasteiger partial charge is 0.469 e. The Kier molecular flexibility index (Phi) is 10.2. The Morgan fingerprint density at radius 2 is 2.04 bits per heavy atom. The Morgan fingerprint density at radius 3 is 2.84 bits per heavy atom. The number of carbonyl (C=O) groups is 1. The van der Waals surface area contributed by atoms with E-state index in [1.807, 2.05) is 0 Å². The highest BCUT2D eigenvalue weighted by Gasteiger charge is 2.27. The number of aromatic nitrogens is 4. The molecule has 2 aromatic heterocycles. The van der Waals surface area contributed by atoms with E-state index in [0.717, 1.165) is 25.5 Å². The summed E-state index contributed by atoms with van der Waals surface area (Å²) in [7, 11) is -2.99. The Balaban J connectivity index is 1.19. The van der Waals surface area contributed by atoms with Gasteiger partial charge in [0.25, 0.3) is 0 Å². The lowest BCUT2D eigenvalue weighted by Crippen LogP contribution is -2.34. The second-order valence-corrected chi connectivity index (χ2v) is 11.5. The summed E-state index contributed by atoms with van der Waals surface area (Å²) < 4.78 is 56.0. The standard InChI is InChI=1S/C28H32F2N7O7P/c1-42-23-14-19(43-12-4-10-36-9-3-5-18(36)16-44-45(39,40)41)13-22-26(23)28(32-17-31-22)34-24-8-11-37(35-24)15-25(38)33-21-7-2-6-20(29)27(21)30/h2,6-8,11,13-14,17-18H,3-5,9-10,12,15-16H2,1H3,(H,33,38)(H2,39,40,41)(H,31,32,34,35)/t18-/m1/s1. The zero-order chi connectivity index (χ0) is 32.0. The molecule has 0 spiro atoms. The number of phosphoric acid groups is 1. The van der Waals surface area contributed by atoms with Crippen LogP contribution in [0.15, 0.2) is 48.9 Å². The van der Waals surface area contributed by atoms with Crippen LogP contribution < -0.4 is 20.1 Å². The number of benzene rings is 2. The van der Waals surface area contributed by atoms with E-state index >= 15 is 0 Å². The number of likely N-dealkylation sites (tertiary alicyclic amines) is 1. The maximum atomic E-state index is 13.9. The Labute approximate surface area is 256 Å². The third kappa shape index (κ3) is 8.49. The van der Waals surface area contributed by atoms with Gasteiger partial charge in [-0.05, 0) is 37.9 Å². The molecule has 0 bridgehead atoms. The lowest BCUT2D eigenvalue weighted by atomic mass is 10.2. The van der Waals surface area contributed by atoms with Gasteiger partial charge in [0.15, 0.2) is 17.5 Å². The van der Waals surface area contributed by atoms with Gasteiger partial charge in [0.05, 0.1) is 36.9 Å². The highest BCUT2D eigenvalue weighted by molar-refractivity contribution is 7.46. The van der Waals surface area contributed by atoms with Crippen LogP contribution in [0.5, 0.6) is 11.5 Å². The molecular formula is C28H32F2N7O7P. The van der Waals surface area contributed by atoms with Crippen LogP contribution in [0.3, 0.4) is 0 Å². The van der Waals surface area contributed by atoms with E-state index in [0.29, 0.717) is 53.6 Å². The number of rotatable bonds is 14. The number of phosphoric ester groups is 1. The average molecular weight is 648 g/mol. The maximum Gasteiger partial charge on any atom is 0.469 e. The monoisotopic (exact) mass is 647 g/mol. The van der Waals surface area contributed by atoms with Gasteiger partial charge in [-0.25, -0.2) is 23.3 Å². The topological polar surface area (TPSA) is 173 Å². The van der Waals surface area contributed by atoms with Crippen molar-refractivity contribution < 1.29 is 41.9 Å². The molecule has 1 amide bonds. The van der Waals surface area contributed by atoms with Crippen LogP contribution in [0.4, 0.5) is 26.1 Å². The fourth-order valence-corrected chi connectivity index (χ4v) is 5.43. The van der Waals surface area contributed by atoms with Crippen molar-refractivity contribution in [2.24, 2.45) is 0 Å². The molecule has 4 N–H and O–H groups in total. The number of carbonyl (C=O) groups excluding carboxylic acids is 1. The number of anilines is 3. The number of nitrogens with one attached hydrogen (secondary N) is 2. The minimum atomic E-state index is -4.50. The second-order valence-electron chi connectivity index (χ2n) is 10.2. The van der Waals surface area contributed by atoms with E-state index in [2.05, 4.69) is 30.6 Å².